The van der Waals surface area contributed by atoms with Crippen LogP contribution in [0.5, 0.6) is 5.75 Å². The van der Waals surface area contributed by atoms with Gasteiger partial charge < -0.3 is 15.2 Å². The van der Waals surface area contributed by atoms with E-state index in [4.69, 9.17) is 20.5 Å². The minimum absolute atomic E-state index is 0.0204. The average molecular weight is 436 g/mol. The summed E-state index contributed by atoms with van der Waals surface area (Å²) in [6, 6.07) is 5.38. The van der Waals surface area contributed by atoms with Gasteiger partial charge in [0, 0.05) is 18.3 Å². The van der Waals surface area contributed by atoms with Gasteiger partial charge in [0.15, 0.2) is 6.61 Å². The van der Waals surface area contributed by atoms with E-state index in [9.17, 15) is 18.0 Å². The first-order chi connectivity index (χ1) is 14.1. The second kappa shape index (κ2) is 9.73. The van der Waals surface area contributed by atoms with E-state index in [0.717, 1.165) is 19.3 Å². The van der Waals surface area contributed by atoms with Crippen molar-refractivity contribution < 1.29 is 27.5 Å². The van der Waals surface area contributed by atoms with Crippen molar-refractivity contribution in [3.8, 4) is 11.8 Å². The average Bonchev–Trinajstić information content (AvgIpc) is 2.71. The van der Waals surface area contributed by atoms with Crippen LogP contribution in [-0.2, 0) is 19.6 Å². The van der Waals surface area contributed by atoms with E-state index in [-0.39, 0.29) is 33.5 Å². The van der Waals surface area contributed by atoms with Gasteiger partial charge in [0.05, 0.1) is 12.7 Å². The van der Waals surface area contributed by atoms with Crippen LogP contribution in [0.15, 0.2) is 34.4 Å². The summed E-state index contributed by atoms with van der Waals surface area (Å²) in [6.45, 7) is 2.93. The maximum absolute atomic E-state index is 13.2. The monoisotopic (exact) mass is 435 g/mol. The summed E-state index contributed by atoms with van der Waals surface area (Å²) in [6.07, 6.45) is 2.46. The highest BCUT2D eigenvalue weighted by atomic mass is 32.2. The Morgan fingerprint density at radius 3 is 2.60 bits per heavy atom. The number of hydrogen-bond donors (Lipinski definition) is 1. The second-order valence-corrected chi connectivity index (χ2v) is 8.85. The minimum Gasteiger partial charge on any atom is -0.495 e. The number of allylic oxidation sites excluding steroid dienone is 1. The molecule has 0 spiro atoms. The highest BCUT2D eigenvalue weighted by Crippen LogP contribution is 2.31. The molecule has 0 aromatic heterocycles. The number of ether oxygens (including phenoxy) is 2. The maximum Gasteiger partial charge on any atom is 0.338 e. The summed E-state index contributed by atoms with van der Waals surface area (Å²) in [4.78, 5) is 24.2. The number of methoxy groups -OCH3 is 1. The summed E-state index contributed by atoms with van der Waals surface area (Å²) in [5, 5.41) is 8.94. The van der Waals surface area contributed by atoms with Crippen LogP contribution in [0.2, 0.25) is 0 Å². The third kappa shape index (κ3) is 4.98. The fourth-order valence-corrected chi connectivity index (χ4v) is 5.10. The van der Waals surface area contributed by atoms with Crippen molar-refractivity contribution in [3.05, 3.63) is 35.0 Å². The van der Waals surface area contributed by atoms with Crippen molar-refractivity contribution in [1.82, 2.24) is 4.31 Å². The standard InChI is InChI=1S/C20H25N3O6S/c1-13-6-4-5-9-23(13)30(26,27)19-10-15(7-8-18(19)28-3)20(25)29-12-17(24)16(11-21)14(2)22/h7-8,10,13H,4-6,9,12,22H2,1-3H3/b16-14+. The molecule has 30 heavy (non-hydrogen) atoms. The number of piperidine rings is 1. The zero-order valence-corrected chi connectivity index (χ0v) is 18.0. The molecule has 0 bridgehead atoms. The first-order valence-electron chi connectivity index (χ1n) is 9.40. The number of rotatable bonds is 7. The van der Waals surface area contributed by atoms with Crippen LogP contribution >= 0.6 is 0 Å². The van der Waals surface area contributed by atoms with E-state index in [0.29, 0.717) is 6.54 Å². The molecule has 0 radical (unpaired) electrons. The van der Waals surface area contributed by atoms with Crippen molar-refractivity contribution in [2.24, 2.45) is 5.73 Å². The van der Waals surface area contributed by atoms with Crippen molar-refractivity contribution >= 4 is 21.8 Å². The van der Waals surface area contributed by atoms with Gasteiger partial charge in [-0.25, -0.2) is 13.2 Å². The number of hydrogen-bond acceptors (Lipinski definition) is 8. The number of nitriles is 1. The summed E-state index contributed by atoms with van der Waals surface area (Å²) in [7, 11) is -2.56. The largest absolute Gasteiger partial charge is 0.495 e. The molecule has 1 unspecified atom stereocenters. The van der Waals surface area contributed by atoms with Gasteiger partial charge in [-0.15, -0.1) is 0 Å². The number of benzene rings is 1. The Morgan fingerprint density at radius 1 is 1.33 bits per heavy atom. The Balaban J connectivity index is 2.29. The lowest BCUT2D eigenvalue weighted by atomic mass is 10.1. The normalized spacial score (nSPS) is 18.1. The van der Waals surface area contributed by atoms with Crippen LogP contribution in [0.3, 0.4) is 0 Å². The van der Waals surface area contributed by atoms with Gasteiger partial charge in [0.1, 0.15) is 22.3 Å². The van der Waals surface area contributed by atoms with E-state index >= 15 is 0 Å². The lowest BCUT2D eigenvalue weighted by Crippen LogP contribution is -2.42. The molecule has 162 valence electrons. The Labute approximate surface area is 176 Å². The summed E-state index contributed by atoms with van der Waals surface area (Å²) < 4.78 is 38.0. The van der Waals surface area contributed by atoms with Gasteiger partial charge in [-0.3, -0.25) is 4.79 Å². The van der Waals surface area contributed by atoms with Crippen LogP contribution in [0.25, 0.3) is 0 Å². The zero-order chi connectivity index (χ0) is 22.5. The molecule has 0 aliphatic carbocycles. The SMILES string of the molecule is COc1ccc(C(=O)OCC(=O)/C(C#N)=C(\C)N)cc1S(=O)(=O)N1CCCCC1C. The highest BCUT2D eigenvalue weighted by Gasteiger charge is 2.33. The fourth-order valence-electron chi connectivity index (χ4n) is 3.22. The molecule has 1 aromatic carbocycles. The van der Waals surface area contributed by atoms with E-state index < -0.39 is 28.4 Å². The number of esters is 1. The third-order valence-electron chi connectivity index (χ3n) is 4.85. The van der Waals surface area contributed by atoms with Crippen LogP contribution in [0.1, 0.15) is 43.5 Å². The molecule has 1 aromatic rings. The number of nitrogens with two attached hydrogens (primary N) is 1. The first kappa shape index (κ1) is 23.4. The number of Topliss-reactive ketones (excluding diaryl/α,β-unsaturated/α-hetero) is 1. The minimum atomic E-state index is -3.90. The molecule has 2 rings (SSSR count). The fraction of sp³-hybridized carbons (Fsp3) is 0.450. The second-order valence-electron chi connectivity index (χ2n) is 7.00. The Bertz CT molecular complexity index is 1010. The van der Waals surface area contributed by atoms with Crippen LogP contribution in [0.4, 0.5) is 0 Å². The van der Waals surface area contributed by atoms with Crippen molar-refractivity contribution in [2.75, 3.05) is 20.3 Å². The smallest absolute Gasteiger partial charge is 0.338 e. The van der Waals surface area contributed by atoms with Gasteiger partial charge in [0.25, 0.3) is 0 Å². The molecule has 1 fully saturated rings. The molecule has 1 aliphatic heterocycles. The number of nitrogens with zero attached hydrogens (tertiary/aromatic N) is 2. The van der Waals surface area contributed by atoms with Gasteiger partial charge in [0.2, 0.25) is 15.8 Å². The summed E-state index contributed by atoms with van der Waals surface area (Å²) in [5.74, 6) is -1.54. The number of carbonyl (C=O) groups is 2. The molecular formula is C20H25N3O6S. The molecular weight excluding hydrogens is 410 g/mol. The van der Waals surface area contributed by atoms with Gasteiger partial charge in [-0.05, 0) is 44.9 Å². The summed E-state index contributed by atoms with van der Waals surface area (Å²) in [5.41, 5.74) is 5.13. The molecule has 0 amide bonds. The maximum atomic E-state index is 13.2. The lowest BCUT2D eigenvalue weighted by Gasteiger charge is -2.32. The van der Waals surface area contributed by atoms with Crippen molar-refractivity contribution in [2.45, 2.75) is 44.0 Å². The van der Waals surface area contributed by atoms with Crippen LogP contribution in [0, 0.1) is 11.3 Å². The van der Waals surface area contributed by atoms with Crippen LogP contribution < -0.4 is 10.5 Å². The van der Waals surface area contributed by atoms with E-state index in [1.807, 2.05) is 6.92 Å². The van der Waals surface area contributed by atoms with E-state index in [1.165, 1.54) is 36.5 Å². The Hall–Kier alpha value is -2.90. The van der Waals surface area contributed by atoms with Gasteiger partial charge in [-0.2, -0.15) is 9.57 Å². The number of carbonyl (C=O) groups excluding carboxylic acids is 2. The molecule has 1 aliphatic rings. The molecule has 1 saturated heterocycles. The quantitative estimate of drug-likeness (QED) is 0.388. The topological polar surface area (TPSA) is 140 Å². The van der Waals surface area contributed by atoms with Gasteiger partial charge >= 0.3 is 5.97 Å². The zero-order valence-electron chi connectivity index (χ0n) is 17.2. The van der Waals surface area contributed by atoms with E-state index in [1.54, 1.807) is 6.07 Å². The van der Waals surface area contributed by atoms with Crippen molar-refractivity contribution in [1.29, 1.82) is 5.26 Å². The van der Waals surface area contributed by atoms with Crippen LogP contribution in [-0.4, -0.2) is 50.8 Å². The predicted octanol–water partition coefficient (Wildman–Crippen LogP) is 1.74. The third-order valence-corrected chi connectivity index (χ3v) is 6.88. The highest BCUT2D eigenvalue weighted by molar-refractivity contribution is 7.89. The predicted molar refractivity (Wildman–Crippen MR) is 108 cm³/mol. The Morgan fingerprint density at radius 2 is 2.03 bits per heavy atom. The number of ketones is 1. The number of sulfonamides is 1. The molecule has 9 nitrogen and oxygen atoms in total. The van der Waals surface area contributed by atoms with Gasteiger partial charge in [-0.1, -0.05) is 6.42 Å². The molecule has 1 heterocycles. The summed E-state index contributed by atoms with van der Waals surface area (Å²) >= 11 is 0. The lowest BCUT2D eigenvalue weighted by molar-refractivity contribution is -0.118. The molecule has 0 saturated carbocycles. The molecule has 10 heteroatoms. The molecule has 1 atom stereocenters. The Kier molecular flexibility index (Phi) is 7.59. The molecule has 2 N–H and O–H groups in total. The first-order valence-corrected chi connectivity index (χ1v) is 10.8. The van der Waals surface area contributed by atoms with Crippen molar-refractivity contribution in [3.63, 3.8) is 0 Å². The van der Waals surface area contributed by atoms with E-state index in [2.05, 4.69) is 0 Å².